The molecule has 0 saturated carbocycles. The van der Waals surface area contributed by atoms with Gasteiger partial charge in [-0.1, -0.05) is 91.5 Å². The van der Waals surface area contributed by atoms with Crippen molar-refractivity contribution < 1.29 is 0 Å². The first-order valence-electron chi connectivity index (χ1n) is 13.2. The molecule has 0 amide bonds. The Morgan fingerprint density at radius 1 is 0.438 bits per heavy atom. The zero-order chi connectivity index (χ0) is 23.5. The van der Waals surface area contributed by atoms with Crippen molar-refractivity contribution in [3.8, 4) is 0 Å². The zero-order valence-corrected chi connectivity index (χ0v) is 22.4. The molecule has 32 heavy (non-hydrogen) atoms. The van der Waals surface area contributed by atoms with E-state index in [4.69, 9.17) is 0 Å². The molecule has 2 aromatic carbocycles. The maximum absolute atomic E-state index is 2.52. The van der Waals surface area contributed by atoms with Gasteiger partial charge in [0.05, 0.1) is 0 Å². The Hall–Kier alpha value is -1.56. The van der Waals surface area contributed by atoms with Gasteiger partial charge in [0, 0.05) is 0 Å². The molecule has 0 aromatic heterocycles. The largest absolute Gasteiger partial charge is 0.0561 e. The molecule has 0 saturated heterocycles. The third-order valence-electron chi connectivity index (χ3n) is 7.78. The summed E-state index contributed by atoms with van der Waals surface area (Å²) in [5.41, 5.74) is 12.9. The lowest BCUT2D eigenvalue weighted by Crippen LogP contribution is -2.15. The van der Waals surface area contributed by atoms with Crippen LogP contribution in [0, 0.1) is 13.8 Å². The van der Waals surface area contributed by atoms with E-state index in [9.17, 15) is 0 Å². The van der Waals surface area contributed by atoms with Crippen LogP contribution in [0.25, 0.3) is 0 Å². The van der Waals surface area contributed by atoms with Crippen LogP contribution in [0.3, 0.4) is 0 Å². The fourth-order valence-electron chi connectivity index (χ4n) is 5.19. The van der Waals surface area contributed by atoms with Crippen molar-refractivity contribution in [3.05, 3.63) is 68.8 Å². The Morgan fingerprint density at radius 2 is 0.719 bits per heavy atom. The van der Waals surface area contributed by atoms with Gasteiger partial charge >= 0.3 is 0 Å². The van der Waals surface area contributed by atoms with E-state index in [1.54, 1.807) is 33.4 Å². The molecule has 1 aliphatic rings. The number of hydrogen-bond donors (Lipinski definition) is 0. The normalized spacial score (nSPS) is 16.8. The number of benzene rings is 2. The molecule has 3 rings (SSSR count). The van der Waals surface area contributed by atoms with E-state index in [2.05, 4.69) is 79.7 Å². The molecule has 0 aliphatic heterocycles. The molecule has 0 radical (unpaired) electrons. The van der Waals surface area contributed by atoms with Gasteiger partial charge in [0.2, 0.25) is 0 Å². The molecule has 0 atom stereocenters. The lowest BCUT2D eigenvalue weighted by Gasteiger charge is -2.25. The van der Waals surface area contributed by atoms with Gasteiger partial charge in [-0.25, -0.2) is 0 Å². The second-order valence-electron chi connectivity index (χ2n) is 12.5. The number of rotatable bonds is 0. The second kappa shape index (κ2) is 10.1. The van der Waals surface area contributed by atoms with Gasteiger partial charge in [-0.3, -0.25) is 0 Å². The highest BCUT2D eigenvalue weighted by molar-refractivity contribution is 5.44. The van der Waals surface area contributed by atoms with E-state index in [0.29, 0.717) is 0 Å². The number of aryl methyl sites for hydroxylation is 4. The van der Waals surface area contributed by atoms with Crippen LogP contribution in [0.4, 0.5) is 0 Å². The van der Waals surface area contributed by atoms with Gasteiger partial charge in [0.1, 0.15) is 0 Å². The minimum atomic E-state index is 0.202. The van der Waals surface area contributed by atoms with E-state index in [-0.39, 0.29) is 10.8 Å². The third kappa shape index (κ3) is 6.27. The highest BCUT2D eigenvalue weighted by atomic mass is 14.2. The van der Waals surface area contributed by atoms with Gasteiger partial charge in [-0.05, 0) is 108 Å². The maximum Gasteiger partial charge on any atom is -0.0132 e. The summed E-state index contributed by atoms with van der Waals surface area (Å²) in [4.78, 5) is 0. The van der Waals surface area contributed by atoms with Gasteiger partial charge < -0.3 is 0 Å². The first-order chi connectivity index (χ1) is 15.0. The van der Waals surface area contributed by atoms with Gasteiger partial charge in [-0.2, -0.15) is 0 Å². The van der Waals surface area contributed by atoms with Crippen LogP contribution in [-0.2, 0) is 36.5 Å². The Labute approximate surface area is 199 Å². The first-order valence-corrected chi connectivity index (χ1v) is 13.2. The molecule has 0 spiro atoms. The summed E-state index contributed by atoms with van der Waals surface area (Å²) >= 11 is 0. The Balaban J connectivity index is 2.04. The Kier molecular flexibility index (Phi) is 7.95. The predicted octanol–water partition coefficient (Wildman–Crippen LogP) is 9.12. The summed E-state index contributed by atoms with van der Waals surface area (Å²) in [6.45, 7) is 18.9. The van der Waals surface area contributed by atoms with E-state index in [0.717, 1.165) is 12.8 Å². The van der Waals surface area contributed by atoms with E-state index in [1.807, 2.05) is 0 Å². The van der Waals surface area contributed by atoms with Crippen molar-refractivity contribution >= 4 is 0 Å². The van der Waals surface area contributed by atoms with E-state index in [1.165, 1.54) is 62.5 Å². The molecule has 1 aliphatic carbocycles. The van der Waals surface area contributed by atoms with Crippen LogP contribution < -0.4 is 0 Å². The summed E-state index contributed by atoms with van der Waals surface area (Å²) in [6, 6.07) is 10.1. The minimum Gasteiger partial charge on any atom is -0.0561 e. The standard InChI is InChI=1S/C32H48/c1-23-25-15-13-11-9-10-12-14-16-26-20-30(32(6,7)8)22-28(24(26)2)18-17-27(23)21-29(19-25)31(3,4)5/h19-22H,9-18H2,1-8H3. The van der Waals surface area contributed by atoms with E-state index >= 15 is 0 Å². The fourth-order valence-corrected chi connectivity index (χ4v) is 5.19. The van der Waals surface area contributed by atoms with Crippen molar-refractivity contribution in [1.82, 2.24) is 0 Å². The fraction of sp³-hybridized carbons (Fsp3) is 0.625. The molecular weight excluding hydrogens is 384 g/mol. The Morgan fingerprint density at radius 3 is 1.03 bits per heavy atom. The lowest BCUT2D eigenvalue weighted by molar-refractivity contribution is 0.578. The highest BCUT2D eigenvalue weighted by Gasteiger charge is 2.20. The monoisotopic (exact) mass is 432 g/mol. The molecular formula is C32H48. The van der Waals surface area contributed by atoms with Gasteiger partial charge in [0.25, 0.3) is 0 Å². The van der Waals surface area contributed by atoms with Crippen molar-refractivity contribution in [1.29, 1.82) is 0 Å². The average molecular weight is 433 g/mol. The molecule has 0 N–H and O–H groups in total. The first kappa shape index (κ1) is 25.1. The van der Waals surface area contributed by atoms with Crippen LogP contribution in [0.1, 0.15) is 125 Å². The third-order valence-corrected chi connectivity index (χ3v) is 7.78. The van der Waals surface area contributed by atoms with Crippen molar-refractivity contribution in [2.24, 2.45) is 0 Å². The minimum absolute atomic E-state index is 0.202. The molecule has 0 fully saturated rings. The maximum atomic E-state index is 2.52. The molecule has 4 bridgehead atoms. The highest BCUT2D eigenvalue weighted by Crippen LogP contribution is 2.32. The molecule has 0 unspecified atom stereocenters. The van der Waals surface area contributed by atoms with Crippen LogP contribution >= 0.6 is 0 Å². The summed E-state index contributed by atoms with van der Waals surface area (Å²) in [5.74, 6) is 0. The molecule has 0 nitrogen and oxygen atoms in total. The Bertz CT molecular complexity index is 837. The molecule has 176 valence electrons. The lowest BCUT2D eigenvalue weighted by atomic mass is 9.80. The number of fused-ring (bicyclic) bond motifs is 4. The number of hydrogen-bond acceptors (Lipinski definition) is 0. The van der Waals surface area contributed by atoms with E-state index < -0.39 is 0 Å². The van der Waals surface area contributed by atoms with Crippen molar-refractivity contribution in [3.63, 3.8) is 0 Å². The van der Waals surface area contributed by atoms with Crippen molar-refractivity contribution in [2.75, 3.05) is 0 Å². The van der Waals surface area contributed by atoms with Gasteiger partial charge in [-0.15, -0.1) is 0 Å². The van der Waals surface area contributed by atoms with Gasteiger partial charge in [0.15, 0.2) is 0 Å². The second-order valence-corrected chi connectivity index (χ2v) is 12.5. The average Bonchev–Trinajstić information content (AvgIpc) is 2.69. The molecule has 0 heterocycles. The van der Waals surface area contributed by atoms with Crippen molar-refractivity contribution in [2.45, 2.75) is 130 Å². The topological polar surface area (TPSA) is 0 Å². The predicted molar refractivity (Wildman–Crippen MR) is 142 cm³/mol. The summed E-state index contributed by atoms with van der Waals surface area (Å²) in [5, 5.41) is 0. The SMILES string of the molecule is Cc1c2cc(C(C)(C)C)cc1CCc1cc(C(C)(C)C)cc(c1C)CCCCCCCC2. The van der Waals surface area contributed by atoms with Crippen LogP contribution in [0.2, 0.25) is 0 Å². The summed E-state index contributed by atoms with van der Waals surface area (Å²) in [6.07, 6.45) is 13.0. The smallest absolute Gasteiger partial charge is 0.0132 e. The quantitative estimate of drug-likeness (QED) is 0.389. The molecule has 0 heteroatoms. The summed E-state index contributed by atoms with van der Waals surface area (Å²) in [7, 11) is 0. The van der Waals surface area contributed by atoms with Crippen LogP contribution in [0.15, 0.2) is 24.3 Å². The van der Waals surface area contributed by atoms with Crippen LogP contribution in [-0.4, -0.2) is 0 Å². The molecule has 2 aromatic rings. The summed E-state index contributed by atoms with van der Waals surface area (Å²) < 4.78 is 0. The van der Waals surface area contributed by atoms with Crippen LogP contribution in [0.5, 0.6) is 0 Å². The zero-order valence-electron chi connectivity index (χ0n) is 22.4.